The molecule has 0 unspecified atom stereocenters. The van der Waals surface area contributed by atoms with Gasteiger partial charge < -0.3 is 21.3 Å². The molecule has 0 aliphatic heterocycles. The summed E-state index contributed by atoms with van der Waals surface area (Å²) in [6.45, 7) is 0. The largest absolute Gasteiger partial charge is 0.357 e. The van der Waals surface area contributed by atoms with Crippen molar-refractivity contribution in [1.29, 1.82) is 0 Å². The Bertz CT molecular complexity index is 1060. The number of nitrogens with one attached hydrogen (secondary N) is 4. The number of benzene rings is 3. The van der Waals surface area contributed by atoms with Gasteiger partial charge in [0.1, 0.15) is 0 Å². The van der Waals surface area contributed by atoms with E-state index in [0.29, 0.717) is 0 Å². The number of rotatable bonds is 8. The summed E-state index contributed by atoms with van der Waals surface area (Å²) in [4.78, 5) is 0. The summed E-state index contributed by atoms with van der Waals surface area (Å²) >= 11 is 0. The molecule has 4 heteroatoms. The quantitative estimate of drug-likeness (QED) is 0.277. The van der Waals surface area contributed by atoms with Gasteiger partial charge in [0.25, 0.3) is 0 Å². The maximum atomic E-state index is 3.75. The van der Waals surface area contributed by atoms with Crippen LogP contribution in [0.3, 0.4) is 0 Å². The molecule has 0 aromatic heterocycles. The molecule has 0 amide bonds. The summed E-state index contributed by atoms with van der Waals surface area (Å²) in [7, 11) is 0. The Morgan fingerprint density at radius 3 is 1.24 bits per heavy atom. The van der Waals surface area contributed by atoms with E-state index in [9.17, 15) is 0 Å². The van der Waals surface area contributed by atoms with Gasteiger partial charge in [-0.1, -0.05) is 48.6 Å². The zero-order valence-corrected chi connectivity index (χ0v) is 19.7. The lowest BCUT2D eigenvalue weighted by molar-refractivity contribution is 0.704. The minimum atomic E-state index is 1.05. The zero-order valence-electron chi connectivity index (χ0n) is 19.7. The Kier molecular flexibility index (Phi) is 7.15. The number of hydrogen-bond acceptors (Lipinski definition) is 4. The molecule has 3 aromatic carbocycles. The van der Waals surface area contributed by atoms with E-state index in [1.54, 1.807) is 0 Å². The van der Waals surface area contributed by atoms with Gasteiger partial charge in [0.05, 0.1) is 22.7 Å². The van der Waals surface area contributed by atoms with Crippen LogP contribution in [0.1, 0.15) is 51.4 Å². The van der Waals surface area contributed by atoms with Crippen LogP contribution in [0, 0.1) is 0 Å². The Hall–Kier alpha value is -3.66. The highest BCUT2D eigenvalue weighted by molar-refractivity contribution is 5.89. The van der Waals surface area contributed by atoms with Gasteiger partial charge in [-0.15, -0.1) is 0 Å². The van der Waals surface area contributed by atoms with Gasteiger partial charge in [0, 0.05) is 22.8 Å². The van der Waals surface area contributed by atoms with Crippen molar-refractivity contribution in [1.82, 2.24) is 0 Å². The lowest BCUT2D eigenvalue weighted by Gasteiger charge is -2.24. The van der Waals surface area contributed by atoms with E-state index in [0.717, 1.165) is 59.8 Å². The molecule has 0 radical (unpaired) electrons. The van der Waals surface area contributed by atoms with E-state index in [4.69, 9.17) is 0 Å². The molecular formula is C30H34N4. The highest BCUT2D eigenvalue weighted by Crippen LogP contribution is 2.39. The molecule has 4 N–H and O–H groups in total. The Balaban J connectivity index is 1.54. The molecule has 2 aliphatic carbocycles. The normalized spacial score (nSPS) is 15.6. The van der Waals surface area contributed by atoms with Gasteiger partial charge >= 0.3 is 0 Å². The molecular weight excluding hydrogens is 416 g/mol. The molecule has 0 bridgehead atoms. The van der Waals surface area contributed by atoms with Crippen molar-refractivity contribution >= 4 is 34.1 Å². The smallest absolute Gasteiger partial charge is 0.0645 e. The van der Waals surface area contributed by atoms with Gasteiger partial charge in [-0.2, -0.15) is 0 Å². The van der Waals surface area contributed by atoms with E-state index in [1.165, 1.54) is 37.1 Å². The lowest BCUT2D eigenvalue weighted by atomic mass is 10.0. The van der Waals surface area contributed by atoms with E-state index in [1.807, 2.05) is 12.1 Å². The van der Waals surface area contributed by atoms with Crippen molar-refractivity contribution in [2.45, 2.75) is 51.4 Å². The van der Waals surface area contributed by atoms with E-state index in [-0.39, 0.29) is 0 Å². The molecule has 34 heavy (non-hydrogen) atoms. The van der Waals surface area contributed by atoms with Crippen LogP contribution in [0.2, 0.25) is 0 Å². The van der Waals surface area contributed by atoms with Crippen LogP contribution in [-0.2, 0) is 0 Å². The third kappa shape index (κ3) is 5.82. The predicted octanol–water partition coefficient (Wildman–Crippen LogP) is 8.91. The van der Waals surface area contributed by atoms with Crippen LogP contribution in [0.15, 0.2) is 96.3 Å². The predicted molar refractivity (Wildman–Crippen MR) is 146 cm³/mol. The van der Waals surface area contributed by atoms with E-state index < -0.39 is 0 Å². The van der Waals surface area contributed by atoms with Gasteiger partial charge in [0.15, 0.2) is 0 Å². The van der Waals surface area contributed by atoms with Crippen LogP contribution in [0.4, 0.5) is 34.1 Å². The Labute approximate surface area is 203 Å². The fourth-order valence-electron chi connectivity index (χ4n) is 4.62. The number of para-hydroxylation sites is 2. The topological polar surface area (TPSA) is 48.1 Å². The molecule has 0 fully saturated rings. The standard InChI is InChI=1S/C30H34N4/c1-5-13-23(14-6-1)31-27-21-29(33-25-17-9-3-10-18-25)30(34-26-19-11-4-12-20-26)22-28(27)32-24-15-7-2-8-16-24/h1,3,5-6,9-10,13-15,17-19,21-22,31-34H,2,4,7-8,11-12,16,20H2. The molecule has 0 spiro atoms. The molecule has 0 saturated carbocycles. The van der Waals surface area contributed by atoms with Crippen molar-refractivity contribution in [3.63, 3.8) is 0 Å². The van der Waals surface area contributed by atoms with Gasteiger partial charge in [-0.05, 0) is 87.8 Å². The monoisotopic (exact) mass is 450 g/mol. The summed E-state index contributed by atoms with van der Waals surface area (Å²) in [5.41, 5.74) is 9.07. The molecule has 4 nitrogen and oxygen atoms in total. The van der Waals surface area contributed by atoms with Crippen molar-refractivity contribution in [2.75, 3.05) is 21.3 Å². The number of hydrogen-bond donors (Lipinski definition) is 4. The molecule has 0 atom stereocenters. The van der Waals surface area contributed by atoms with Gasteiger partial charge in [-0.3, -0.25) is 0 Å². The van der Waals surface area contributed by atoms with Gasteiger partial charge in [-0.25, -0.2) is 0 Å². The maximum absolute atomic E-state index is 3.75. The van der Waals surface area contributed by atoms with Crippen molar-refractivity contribution < 1.29 is 0 Å². The summed E-state index contributed by atoms with van der Waals surface area (Å²) in [6.07, 6.45) is 14.2. The molecule has 174 valence electrons. The average molecular weight is 451 g/mol. The molecule has 2 aliphatic rings. The maximum Gasteiger partial charge on any atom is 0.0645 e. The first kappa shape index (κ1) is 22.1. The average Bonchev–Trinajstić information content (AvgIpc) is 2.89. The first-order valence-electron chi connectivity index (χ1n) is 12.6. The second-order valence-corrected chi connectivity index (χ2v) is 9.13. The first-order valence-corrected chi connectivity index (χ1v) is 12.6. The summed E-state index contributed by atoms with van der Waals surface area (Å²) < 4.78 is 0. The molecule has 0 saturated heterocycles. The minimum absolute atomic E-state index is 1.05. The van der Waals surface area contributed by atoms with Crippen molar-refractivity contribution in [2.24, 2.45) is 0 Å². The fraction of sp³-hybridized carbons (Fsp3) is 0.267. The second-order valence-electron chi connectivity index (χ2n) is 9.13. The summed E-state index contributed by atoms with van der Waals surface area (Å²) in [6, 6.07) is 25.2. The van der Waals surface area contributed by atoms with Crippen molar-refractivity contribution in [3.8, 4) is 0 Å². The highest BCUT2D eigenvalue weighted by Gasteiger charge is 2.15. The minimum Gasteiger partial charge on any atom is -0.357 e. The lowest BCUT2D eigenvalue weighted by Crippen LogP contribution is -2.09. The Morgan fingerprint density at radius 1 is 0.441 bits per heavy atom. The van der Waals surface area contributed by atoms with Crippen LogP contribution >= 0.6 is 0 Å². The number of allylic oxidation sites excluding steroid dienone is 4. The SMILES string of the molecule is C1=C(Nc2cc(NC3=CCCCC3)c(Nc3ccccc3)cc2Nc2ccccc2)CCCC1. The molecule has 0 heterocycles. The van der Waals surface area contributed by atoms with Gasteiger partial charge in [0.2, 0.25) is 0 Å². The third-order valence-electron chi connectivity index (χ3n) is 6.44. The first-order chi connectivity index (χ1) is 16.8. The highest BCUT2D eigenvalue weighted by atomic mass is 15.0. The van der Waals surface area contributed by atoms with Crippen LogP contribution in [0.5, 0.6) is 0 Å². The third-order valence-corrected chi connectivity index (χ3v) is 6.44. The Morgan fingerprint density at radius 2 is 0.853 bits per heavy atom. The summed E-state index contributed by atoms with van der Waals surface area (Å²) in [5, 5.41) is 14.8. The molecule has 3 aromatic rings. The fourth-order valence-corrected chi connectivity index (χ4v) is 4.62. The van der Waals surface area contributed by atoms with E-state index in [2.05, 4.69) is 94.1 Å². The second kappa shape index (κ2) is 11.0. The zero-order chi connectivity index (χ0) is 23.0. The van der Waals surface area contributed by atoms with Crippen LogP contribution < -0.4 is 21.3 Å². The number of anilines is 6. The summed E-state index contributed by atoms with van der Waals surface area (Å²) in [5.74, 6) is 0. The van der Waals surface area contributed by atoms with E-state index >= 15 is 0 Å². The van der Waals surface area contributed by atoms with Crippen molar-refractivity contribution in [3.05, 3.63) is 96.3 Å². The van der Waals surface area contributed by atoms with Crippen LogP contribution in [-0.4, -0.2) is 0 Å². The van der Waals surface area contributed by atoms with Crippen LogP contribution in [0.25, 0.3) is 0 Å². The molecule has 5 rings (SSSR count).